The fourth-order valence-corrected chi connectivity index (χ4v) is 3.14. The predicted molar refractivity (Wildman–Crippen MR) is 109 cm³/mol. The van der Waals surface area contributed by atoms with Gasteiger partial charge in [-0.05, 0) is 49.7 Å². The summed E-state index contributed by atoms with van der Waals surface area (Å²) in [6.45, 7) is 4.31. The summed E-state index contributed by atoms with van der Waals surface area (Å²) in [7, 11) is -2.80. The quantitative estimate of drug-likeness (QED) is 0.468. The minimum Gasteiger partial charge on any atom is -0.386 e. The van der Waals surface area contributed by atoms with Crippen LogP contribution in [0.2, 0.25) is 0 Å². The Labute approximate surface area is 156 Å². The first-order valence-corrected chi connectivity index (χ1v) is 11.5. The van der Waals surface area contributed by atoms with Crippen LogP contribution in [-0.2, 0) is 4.57 Å². The molecule has 136 valence electrons. The molecule has 0 heterocycles. The third kappa shape index (κ3) is 6.92. The topological polar surface area (TPSA) is 44.8 Å². The third-order valence-electron chi connectivity index (χ3n) is 2.88. The molecule has 6 heteroatoms. The normalized spacial score (nSPS) is 10.2. The van der Waals surface area contributed by atoms with E-state index in [1.54, 1.807) is 72.8 Å². The predicted octanol–water partition coefficient (Wildman–Crippen LogP) is 6.26. The standard InChI is InChI=1S/C18H15O4P.C2H7P/c19-23(20-16-10-4-1-5-11-16,21-17-12-6-2-7-13-17)22-18-14-8-3-9-15-18;1-3-2/h1-15H;3H,1-2H3. The number of rotatable bonds is 6. The zero-order chi connectivity index (χ0) is 18.7. The van der Waals surface area contributed by atoms with Gasteiger partial charge >= 0.3 is 7.82 Å². The molecule has 0 aliphatic rings. The molecule has 0 aromatic heterocycles. The van der Waals surface area contributed by atoms with Gasteiger partial charge in [-0.15, -0.1) is 8.58 Å². The van der Waals surface area contributed by atoms with Crippen LogP contribution in [0.4, 0.5) is 0 Å². The van der Waals surface area contributed by atoms with E-state index in [0.717, 1.165) is 8.58 Å². The maximum absolute atomic E-state index is 13.1. The highest BCUT2D eigenvalue weighted by atomic mass is 31.2. The summed E-state index contributed by atoms with van der Waals surface area (Å²) >= 11 is 0. The molecule has 0 spiro atoms. The molecule has 0 fully saturated rings. The second-order valence-electron chi connectivity index (χ2n) is 5.16. The molecule has 0 N–H and O–H groups in total. The summed E-state index contributed by atoms with van der Waals surface area (Å²) in [4.78, 5) is 0. The number of hydrogen-bond donors (Lipinski definition) is 0. The van der Waals surface area contributed by atoms with Gasteiger partial charge in [-0.1, -0.05) is 54.6 Å². The number of phosphoric acid groups is 1. The van der Waals surface area contributed by atoms with Gasteiger partial charge in [0.25, 0.3) is 0 Å². The Bertz CT molecular complexity index is 688. The second kappa shape index (κ2) is 10.7. The van der Waals surface area contributed by atoms with Crippen LogP contribution < -0.4 is 13.6 Å². The molecule has 0 radical (unpaired) electrons. The molecular weight excluding hydrogens is 366 g/mol. The van der Waals surface area contributed by atoms with Crippen LogP contribution in [0.3, 0.4) is 0 Å². The third-order valence-corrected chi connectivity index (χ3v) is 4.18. The maximum Gasteiger partial charge on any atom is 0.647 e. The van der Waals surface area contributed by atoms with Crippen molar-refractivity contribution in [1.82, 2.24) is 0 Å². The Morgan fingerprint density at radius 2 is 0.808 bits per heavy atom. The van der Waals surface area contributed by atoms with Crippen molar-refractivity contribution in [3.05, 3.63) is 91.0 Å². The zero-order valence-electron chi connectivity index (χ0n) is 14.7. The molecule has 0 saturated heterocycles. The molecule has 4 nitrogen and oxygen atoms in total. The summed E-state index contributed by atoms with van der Waals surface area (Å²) in [5.74, 6) is 1.22. The minimum atomic E-state index is -3.89. The fraction of sp³-hybridized carbons (Fsp3) is 0.100. The van der Waals surface area contributed by atoms with Gasteiger partial charge < -0.3 is 13.6 Å². The van der Waals surface area contributed by atoms with Crippen molar-refractivity contribution < 1.29 is 18.1 Å². The Balaban J connectivity index is 0.000000758. The lowest BCUT2D eigenvalue weighted by Gasteiger charge is -2.19. The van der Waals surface area contributed by atoms with Crippen LogP contribution in [0.25, 0.3) is 0 Å². The van der Waals surface area contributed by atoms with Gasteiger partial charge in [0.15, 0.2) is 0 Å². The lowest BCUT2D eigenvalue weighted by Crippen LogP contribution is -2.07. The van der Waals surface area contributed by atoms with Gasteiger partial charge in [-0.3, -0.25) is 0 Å². The van der Waals surface area contributed by atoms with E-state index < -0.39 is 7.82 Å². The molecule has 0 unspecified atom stereocenters. The SMILES string of the molecule is CPC.O=P(Oc1ccccc1)(Oc1ccccc1)Oc1ccccc1. The van der Waals surface area contributed by atoms with E-state index in [9.17, 15) is 4.57 Å². The molecule has 0 atom stereocenters. The largest absolute Gasteiger partial charge is 0.647 e. The first kappa shape index (κ1) is 20.0. The van der Waals surface area contributed by atoms with Crippen molar-refractivity contribution >= 4 is 16.4 Å². The lowest BCUT2D eigenvalue weighted by molar-refractivity contribution is 0.298. The molecule has 0 aliphatic heterocycles. The molecule has 3 aromatic carbocycles. The van der Waals surface area contributed by atoms with E-state index >= 15 is 0 Å². The maximum atomic E-state index is 13.1. The van der Waals surface area contributed by atoms with Crippen LogP contribution in [-0.4, -0.2) is 13.3 Å². The number of benzene rings is 3. The van der Waals surface area contributed by atoms with Crippen LogP contribution in [0.5, 0.6) is 17.2 Å². The number of para-hydroxylation sites is 3. The summed E-state index contributed by atoms with van der Waals surface area (Å²) in [6, 6.07) is 26.4. The van der Waals surface area contributed by atoms with E-state index in [0.29, 0.717) is 17.2 Å². The van der Waals surface area contributed by atoms with Crippen LogP contribution in [0, 0.1) is 0 Å². The second-order valence-corrected chi connectivity index (χ2v) is 7.60. The molecule has 3 aromatic rings. The molecule has 26 heavy (non-hydrogen) atoms. The van der Waals surface area contributed by atoms with Crippen molar-refractivity contribution in [2.45, 2.75) is 0 Å². The summed E-state index contributed by atoms with van der Waals surface area (Å²) in [5, 5.41) is 0. The number of phosphoric ester groups is 1. The molecule has 0 aliphatic carbocycles. The van der Waals surface area contributed by atoms with Crippen molar-refractivity contribution in [3.63, 3.8) is 0 Å². The van der Waals surface area contributed by atoms with Crippen LogP contribution in [0.15, 0.2) is 91.0 Å². The van der Waals surface area contributed by atoms with E-state index in [2.05, 4.69) is 13.3 Å². The van der Waals surface area contributed by atoms with Crippen molar-refractivity contribution in [1.29, 1.82) is 0 Å². The summed E-state index contributed by atoms with van der Waals surface area (Å²) in [5.41, 5.74) is 0. The van der Waals surface area contributed by atoms with Crippen molar-refractivity contribution in [2.75, 3.05) is 13.3 Å². The highest BCUT2D eigenvalue weighted by Crippen LogP contribution is 2.49. The average molecular weight is 388 g/mol. The molecule has 0 bridgehead atoms. The Kier molecular flexibility index (Phi) is 8.21. The lowest BCUT2D eigenvalue weighted by atomic mass is 10.3. The zero-order valence-corrected chi connectivity index (χ0v) is 16.6. The molecule has 0 saturated carbocycles. The minimum absolute atomic E-state index is 0.405. The first-order chi connectivity index (χ1) is 12.6. The Morgan fingerprint density at radius 3 is 1.04 bits per heavy atom. The average Bonchev–Trinajstić information content (AvgIpc) is 2.64. The van der Waals surface area contributed by atoms with Gasteiger partial charge in [0.2, 0.25) is 0 Å². The van der Waals surface area contributed by atoms with Crippen molar-refractivity contribution in [3.8, 4) is 17.2 Å². The van der Waals surface area contributed by atoms with Crippen molar-refractivity contribution in [2.24, 2.45) is 0 Å². The Hall–Kier alpha value is -2.28. The highest BCUT2D eigenvalue weighted by Gasteiger charge is 2.33. The molecule has 3 rings (SSSR count). The van der Waals surface area contributed by atoms with Gasteiger partial charge in [0.1, 0.15) is 17.2 Å². The fourth-order valence-electron chi connectivity index (χ4n) is 1.89. The monoisotopic (exact) mass is 388 g/mol. The van der Waals surface area contributed by atoms with E-state index in [1.165, 1.54) is 0 Å². The van der Waals surface area contributed by atoms with Crippen LogP contribution >= 0.6 is 16.4 Å². The van der Waals surface area contributed by atoms with Gasteiger partial charge in [0.05, 0.1) is 0 Å². The van der Waals surface area contributed by atoms with Gasteiger partial charge in [-0.2, -0.15) is 4.57 Å². The number of hydrogen-bond acceptors (Lipinski definition) is 4. The molecular formula is C20H22O4P2. The van der Waals surface area contributed by atoms with E-state index in [-0.39, 0.29) is 0 Å². The Morgan fingerprint density at radius 1 is 0.577 bits per heavy atom. The van der Waals surface area contributed by atoms with E-state index in [1.807, 2.05) is 18.2 Å². The van der Waals surface area contributed by atoms with Gasteiger partial charge in [-0.25, -0.2) is 0 Å². The molecule has 0 amide bonds. The smallest absolute Gasteiger partial charge is 0.386 e. The summed E-state index contributed by atoms with van der Waals surface area (Å²) < 4.78 is 29.6. The van der Waals surface area contributed by atoms with Crippen LogP contribution in [0.1, 0.15) is 0 Å². The summed E-state index contributed by atoms with van der Waals surface area (Å²) in [6.07, 6.45) is 0. The van der Waals surface area contributed by atoms with Gasteiger partial charge in [0, 0.05) is 0 Å². The van der Waals surface area contributed by atoms with E-state index in [4.69, 9.17) is 13.6 Å². The highest BCUT2D eigenvalue weighted by molar-refractivity contribution is 7.49. The first-order valence-electron chi connectivity index (χ1n) is 8.07.